The Morgan fingerprint density at radius 1 is 1.26 bits per heavy atom. The molecule has 1 aliphatic rings. The normalized spacial score (nSPS) is 15.7. The number of thioether (sulfide) groups is 1. The summed E-state index contributed by atoms with van der Waals surface area (Å²) in [6, 6.07) is 0.431. The van der Waals surface area contributed by atoms with Gasteiger partial charge in [0.2, 0.25) is 5.91 Å². The van der Waals surface area contributed by atoms with Gasteiger partial charge in [-0.1, -0.05) is 25.6 Å². The lowest BCUT2D eigenvalue weighted by Gasteiger charge is -2.34. The fourth-order valence-corrected chi connectivity index (χ4v) is 5.90. The Morgan fingerprint density at radius 3 is 2.56 bits per heavy atom. The van der Waals surface area contributed by atoms with Gasteiger partial charge in [-0.3, -0.25) is 14.2 Å². The lowest BCUT2D eigenvalue weighted by Crippen LogP contribution is -2.45. The highest BCUT2D eigenvalue weighted by Gasteiger charge is 2.25. The molecule has 0 unspecified atom stereocenters. The van der Waals surface area contributed by atoms with E-state index >= 15 is 0 Å². The van der Waals surface area contributed by atoms with Crippen molar-refractivity contribution < 1.29 is 4.79 Å². The Kier molecular flexibility index (Phi) is 6.31. The highest BCUT2D eigenvalue weighted by atomic mass is 32.2. The molecule has 3 rings (SSSR count). The Labute approximate surface area is 169 Å². The predicted octanol–water partition coefficient (Wildman–Crippen LogP) is 4.00. The summed E-state index contributed by atoms with van der Waals surface area (Å²) in [4.78, 5) is 34.6. The van der Waals surface area contributed by atoms with Crippen LogP contribution in [0.15, 0.2) is 9.95 Å². The molecule has 2 atom stereocenters. The number of amides is 1. The summed E-state index contributed by atoms with van der Waals surface area (Å²) >= 11 is 3.02. The summed E-state index contributed by atoms with van der Waals surface area (Å²) in [6.07, 6.45) is 5.04. The van der Waals surface area contributed by atoms with E-state index in [1.807, 2.05) is 4.90 Å². The predicted molar refractivity (Wildman–Crippen MR) is 114 cm³/mol. The first kappa shape index (κ1) is 20.4. The van der Waals surface area contributed by atoms with Crippen molar-refractivity contribution in [3.8, 4) is 0 Å². The van der Waals surface area contributed by atoms with Gasteiger partial charge in [0.15, 0.2) is 5.16 Å². The Bertz CT molecular complexity index is 893. The van der Waals surface area contributed by atoms with E-state index in [2.05, 4.69) is 27.7 Å². The van der Waals surface area contributed by atoms with E-state index in [-0.39, 0.29) is 23.6 Å². The number of nitrogens with zero attached hydrogens (tertiary/aromatic N) is 3. The lowest BCUT2D eigenvalue weighted by atomic mass is 10.1. The first-order valence-electron chi connectivity index (χ1n) is 9.84. The number of aryl methyl sites for hydroxylation is 2. The van der Waals surface area contributed by atoms with Gasteiger partial charge in [0.1, 0.15) is 4.83 Å². The molecule has 1 amide bonds. The van der Waals surface area contributed by atoms with Gasteiger partial charge in [0.05, 0.1) is 11.1 Å². The minimum absolute atomic E-state index is 0.0232. The van der Waals surface area contributed by atoms with Crippen LogP contribution in [0.1, 0.15) is 57.4 Å². The van der Waals surface area contributed by atoms with Gasteiger partial charge in [0.25, 0.3) is 5.56 Å². The molecule has 2 aromatic rings. The molecule has 27 heavy (non-hydrogen) atoms. The molecule has 0 spiro atoms. The van der Waals surface area contributed by atoms with Crippen LogP contribution >= 0.6 is 23.1 Å². The zero-order chi connectivity index (χ0) is 19.7. The number of carbonyl (C=O) groups excluding carboxylic acids is 1. The SMILES string of the molecule is CC[C@@H](C)N(C(=O)CSc1nc2sc3c(c2c(=O)n1C)CCC3)[C@@H](C)CC. The van der Waals surface area contributed by atoms with Crippen molar-refractivity contribution in [2.45, 2.75) is 77.0 Å². The van der Waals surface area contributed by atoms with E-state index in [4.69, 9.17) is 4.98 Å². The van der Waals surface area contributed by atoms with Crippen molar-refractivity contribution in [3.63, 3.8) is 0 Å². The second-order valence-electron chi connectivity index (χ2n) is 7.40. The number of thiophene rings is 1. The molecule has 1 aliphatic carbocycles. The largest absolute Gasteiger partial charge is 0.337 e. The van der Waals surface area contributed by atoms with Crippen molar-refractivity contribution in [1.29, 1.82) is 0 Å². The zero-order valence-electron chi connectivity index (χ0n) is 16.9. The van der Waals surface area contributed by atoms with Gasteiger partial charge in [-0.25, -0.2) is 4.98 Å². The molecule has 0 radical (unpaired) electrons. The number of hydrogen-bond donors (Lipinski definition) is 0. The molecule has 0 N–H and O–H groups in total. The van der Waals surface area contributed by atoms with Gasteiger partial charge < -0.3 is 4.90 Å². The van der Waals surface area contributed by atoms with Crippen LogP contribution in [0.4, 0.5) is 0 Å². The summed E-state index contributed by atoms with van der Waals surface area (Å²) in [6.45, 7) is 8.41. The quantitative estimate of drug-likeness (QED) is 0.514. The second-order valence-corrected chi connectivity index (χ2v) is 9.43. The van der Waals surface area contributed by atoms with Gasteiger partial charge in [0, 0.05) is 24.0 Å². The number of aromatic nitrogens is 2. The van der Waals surface area contributed by atoms with E-state index in [1.54, 1.807) is 23.0 Å². The van der Waals surface area contributed by atoms with Crippen LogP contribution < -0.4 is 5.56 Å². The molecule has 0 saturated heterocycles. The minimum atomic E-state index is 0.0232. The van der Waals surface area contributed by atoms with Crippen LogP contribution in [0.5, 0.6) is 0 Å². The van der Waals surface area contributed by atoms with Crippen LogP contribution in [0.3, 0.4) is 0 Å². The van der Waals surface area contributed by atoms with E-state index < -0.39 is 0 Å². The third-order valence-electron chi connectivity index (χ3n) is 5.65. The highest BCUT2D eigenvalue weighted by Crippen LogP contribution is 2.35. The van der Waals surface area contributed by atoms with Crippen molar-refractivity contribution in [3.05, 3.63) is 20.8 Å². The van der Waals surface area contributed by atoms with Crippen molar-refractivity contribution >= 4 is 39.2 Å². The standard InChI is InChI=1S/C20H29N3O2S2/c1-6-12(3)23(13(4)7-2)16(24)11-26-20-21-18-17(19(25)22(20)5)14-9-8-10-15(14)27-18/h12-13H,6-11H2,1-5H3/t12-,13+. The number of hydrogen-bond acceptors (Lipinski definition) is 5. The van der Waals surface area contributed by atoms with Crippen LogP contribution in [-0.4, -0.2) is 38.2 Å². The van der Waals surface area contributed by atoms with Crippen LogP contribution in [0.25, 0.3) is 10.2 Å². The molecule has 2 heterocycles. The van der Waals surface area contributed by atoms with E-state index in [0.29, 0.717) is 10.9 Å². The maximum absolute atomic E-state index is 12.9. The van der Waals surface area contributed by atoms with Gasteiger partial charge >= 0.3 is 0 Å². The number of carbonyl (C=O) groups is 1. The zero-order valence-corrected chi connectivity index (χ0v) is 18.5. The molecule has 2 aromatic heterocycles. The molecule has 148 valence electrons. The summed E-state index contributed by atoms with van der Waals surface area (Å²) in [5, 5.41) is 1.43. The van der Waals surface area contributed by atoms with Crippen molar-refractivity contribution in [2.24, 2.45) is 7.05 Å². The minimum Gasteiger partial charge on any atom is -0.337 e. The monoisotopic (exact) mass is 407 g/mol. The van der Waals surface area contributed by atoms with Gasteiger partial charge in [-0.2, -0.15) is 0 Å². The first-order valence-corrected chi connectivity index (χ1v) is 11.6. The molecule has 0 aromatic carbocycles. The lowest BCUT2D eigenvalue weighted by molar-refractivity contribution is -0.132. The molecule has 0 fully saturated rings. The van der Waals surface area contributed by atoms with Crippen molar-refractivity contribution in [2.75, 3.05) is 5.75 Å². The number of rotatable bonds is 7. The topological polar surface area (TPSA) is 55.2 Å². The van der Waals surface area contributed by atoms with E-state index in [9.17, 15) is 9.59 Å². The third kappa shape index (κ3) is 3.81. The van der Waals surface area contributed by atoms with E-state index in [0.717, 1.165) is 42.3 Å². The molecule has 0 bridgehead atoms. The Balaban J connectivity index is 1.83. The fraction of sp³-hybridized carbons (Fsp3) is 0.650. The molecular formula is C20H29N3O2S2. The third-order valence-corrected chi connectivity index (χ3v) is 7.85. The summed E-state index contributed by atoms with van der Waals surface area (Å²) in [5.74, 6) is 0.428. The molecule has 5 nitrogen and oxygen atoms in total. The Morgan fingerprint density at radius 2 is 1.93 bits per heavy atom. The van der Waals surface area contributed by atoms with Crippen LogP contribution in [0, 0.1) is 0 Å². The second kappa shape index (κ2) is 8.35. The molecular weight excluding hydrogens is 378 g/mol. The van der Waals surface area contributed by atoms with Crippen LogP contribution in [-0.2, 0) is 24.7 Å². The van der Waals surface area contributed by atoms with Gasteiger partial charge in [-0.15, -0.1) is 11.3 Å². The van der Waals surface area contributed by atoms with Crippen molar-refractivity contribution in [1.82, 2.24) is 14.5 Å². The summed E-state index contributed by atoms with van der Waals surface area (Å²) in [7, 11) is 1.77. The summed E-state index contributed by atoms with van der Waals surface area (Å²) in [5.41, 5.74) is 1.23. The molecule has 0 saturated carbocycles. The smallest absolute Gasteiger partial charge is 0.262 e. The average molecular weight is 408 g/mol. The maximum Gasteiger partial charge on any atom is 0.262 e. The Hall–Kier alpha value is -1.34. The number of fused-ring (bicyclic) bond motifs is 3. The average Bonchev–Trinajstić information content (AvgIpc) is 3.23. The van der Waals surface area contributed by atoms with Crippen LogP contribution in [0.2, 0.25) is 0 Å². The molecule has 7 heteroatoms. The van der Waals surface area contributed by atoms with Gasteiger partial charge in [-0.05, 0) is 51.5 Å². The maximum atomic E-state index is 12.9. The van der Waals surface area contributed by atoms with E-state index in [1.165, 1.54) is 22.2 Å². The highest BCUT2D eigenvalue weighted by molar-refractivity contribution is 7.99. The fourth-order valence-electron chi connectivity index (χ4n) is 3.75. The summed E-state index contributed by atoms with van der Waals surface area (Å²) < 4.78 is 1.61. The molecule has 0 aliphatic heterocycles. The first-order chi connectivity index (χ1) is 12.9.